The second-order valence-electron chi connectivity index (χ2n) is 6.00. The van der Waals surface area contributed by atoms with Gasteiger partial charge in [-0.05, 0) is 24.3 Å². The summed E-state index contributed by atoms with van der Waals surface area (Å²) < 4.78 is 64.5. The Hall–Kier alpha value is -2.02. The Bertz CT molecular complexity index is 950. The summed E-state index contributed by atoms with van der Waals surface area (Å²) >= 11 is 1.11. The molecule has 2 aromatic rings. The zero-order chi connectivity index (χ0) is 20.5. The molecule has 0 radical (unpaired) electrons. The van der Waals surface area contributed by atoms with Crippen molar-refractivity contribution in [1.82, 2.24) is 9.29 Å². The molecule has 1 aromatic carbocycles. The second kappa shape index (κ2) is 7.78. The fourth-order valence-electron chi connectivity index (χ4n) is 2.70. The molecule has 0 atom stereocenters. The molecule has 0 bridgehead atoms. The van der Waals surface area contributed by atoms with Gasteiger partial charge in [-0.1, -0.05) is 11.3 Å². The van der Waals surface area contributed by atoms with Crippen LogP contribution in [0.2, 0.25) is 0 Å². The maximum absolute atomic E-state index is 12.7. The summed E-state index contributed by atoms with van der Waals surface area (Å²) in [6.07, 6.45) is -3.16. The first-order valence-corrected chi connectivity index (χ1v) is 10.4. The number of ketones is 1. The molecule has 1 aliphatic heterocycles. The van der Waals surface area contributed by atoms with Crippen LogP contribution in [0.25, 0.3) is 0 Å². The van der Waals surface area contributed by atoms with Gasteiger partial charge in [-0.15, -0.1) is 0 Å². The molecule has 3 rings (SSSR count). The number of aliphatic hydroxyl groups excluding tert-OH is 1. The average molecular weight is 435 g/mol. The summed E-state index contributed by atoms with van der Waals surface area (Å²) in [5.74, 6) is -0.438. The van der Waals surface area contributed by atoms with Gasteiger partial charge in [-0.25, -0.2) is 13.4 Å². The number of aromatic nitrogens is 1. The fraction of sp³-hybridized carbons (Fsp3) is 0.375. The predicted octanol–water partition coefficient (Wildman–Crippen LogP) is 1.85. The van der Waals surface area contributed by atoms with Crippen LogP contribution in [-0.4, -0.2) is 61.4 Å². The molecule has 0 unspecified atom stereocenters. The maximum atomic E-state index is 12.7. The van der Waals surface area contributed by atoms with Crippen LogP contribution >= 0.6 is 11.3 Å². The molecule has 1 N–H and O–H groups in total. The topological polar surface area (TPSA) is 90.8 Å². The van der Waals surface area contributed by atoms with Gasteiger partial charge >= 0.3 is 6.18 Å². The molecule has 1 aromatic heterocycles. The number of rotatable bonds is 5. The highest BCUT2D eigenvalue weighted by molar-refractivity contribution is 7.89. The molecular formula is C16H16F3N3O4S2. The van der Waals surface area contributed by atoms with Gasteiger partial charge < -0.3 is 10.0 Å². The number of aliphatic hydroxyl groups is 1. The monoisotopic (exact) mass is 435 g/mol. The Morgan fingerprint density at radius 1 is 1.14 bits per heavy atom. The summed E-state index contributed by atoms with van der Waals surface area (Å²) in [4.78, 5) is 17.5. The third-order valence-corrected chi connectivity index (χ3v) is 7.25. The van der Waals surface area contributed by atoms with Crippen LogP contribution in [0.1, 0.15) is 15.2 Å². The van der Waals surface area contributed by atoms with E-state index in [2.05, 4.69) is 4.98 Å². The van der Waals surface area contributed by atoms with E-state index in [0.717, 1.165) is 35.6 Å². The summed E-state index contributed by atoms with van der Waals surface area (Å²) in [7, 11) is -3.91. The van der Waals surface area contributed by atoms with E-state index in [0.29, 0.717) is 23.1 Å². The van der Waals surface area contributed by atoms with E-state index in [9.17, 15) is 26.4 Å². The summed E-state index contributed by atoms with van der Waals surface area (Å²) in [6, 6.07) is 3.41. The normalized spacial score (nSPS) is 16.4. The summed E-state index contributed by atoms with van der Waals surface area (Å²) in [6.45, 7) is 0.291. The third kappa shape index (κ3) is 4.19. The number of anilines is 1. The van der Waals surface area contributed by atoms with Crippen molar-refractivity contribution in [2.75, 3.05) is 37.7 Å². The SMILES string of the molecule is O=C(CO)c1cnc(N2CCN(S(=O)(=O)c3ccc(C(F)(F)F)cc3)CC2)s1. The minimum Gasteiger partial charge on any atom is -0.388 e. The van der Waals surface area contributed by atoms with Crippen LogP contribution in [0.3, 0.4) is 0 Å². The molecule has 1 fully saturated rings. The van der Waals surface area contributed by atoms with Crippen LogP contribution in [0.15, 0.2) is 35.4 Å². The molecule has 2 heterocycles. The second-order valence-corrected chi connectivity index (χ2v) is 8.95. The zero-order valence-electron chi connectivity index (χ0n) is 14.4. The first-order valence-electron chi connectivity index (χ1n) is 8.15. The van der Waals surface area contributed by atoms with E-state index >= 15 is 0 Å². The van der Waals surface area contributed by atoms with Crippen LogP contribution in [0, 0.1) is 0 Å². The number of piperazine rings is 1. The van der Waals surface area contributed by atoms with Gasteiger partial charge in [-0.3, -0.25) is 4.79 Å². The quantitative estimate of drug-likeness (QED) is 0.721. The number of benzene rings is 1. The van der Waals surface area contributed by atoms with E-state index in [4.69, 9.17) is 5.11 Å². The van der Waals surface area contributed by atoms with Crippen LogP contribution in [0.4, 0.5) is 18.3 Å². The average Bonchev–Trinajstić information content (AvgIpc) is 3.17. The van der Waals surface area contributed by atoms with Gasteiger partial charge in [0.15, 0.2) is 10.9 Å². The summed E-state index contributed by atoms with van der Waals surface area (Å²) in [5, 5.41) is 9.43. The lowest BCUT2D eigenvalue weighted by molar-refractivity contribution is -0.137. The lowest BCUT2D eigenvalue weighted by Crippen LogP contribution is -2.48. The highest BCUT2D eigenvalue weighted by atomic mass is 32.2. The lowest BCUT2D eigenvalue weighted by atomic mass is 10.2. The molecule has 1 aliphatic rings. The number of halogens is 3. The van der Waals surface area contributed by atoms with Crippen molar-refractivity contribution in [3.05, 3.63) is 40.9 Å². The van der Waals surface area contributed by atoms with Gasteiger partial charge in [0.25, 0.3) is 0 Å². The van der Waals surface area contributed by atoms with Crippen molar-refractivity contribution in [3.8, 4) is 0 Å². The largest absolute Gasteiger partial charge is 0.416 e. The van der Waals surface area contributed by atoms with Crippen LogP contribution < -0.4 is 4.90 Å². The van der Waals surface area contributed by atoms with Crippen molar-refractivity contribution in [1.29, 1.82) is 0 Å². The Morgan fingerprint density at radius 3 is 2.29 bits per heavy atom. The lowest BCUT2D eigenvalue weighted by Gasteiger charge is -2.33. The van der Waals surface area contributed by atoms with E-state index < -0.39 is 34.2 Å². The van der Waals surface area contributed by atoms with Gasteiger partial charge in [0.05, 0.1) is 21.5 Å². The molecule has 28 heavy (non-hydrogen) atoms. The van der Waals surface area contributed by atoms with Crippen molar-refractivity contribution in [2.24, 2.45) is 0 Å². The Morgan fingerprint density at radius 2 is 1.75 bits per heavy atom. The van der Waals surface area contributed by atoms with Gasteiger partial charge in [0, 0.05) is 26.2 Å². The zero-order valence-corrected chi connectivity index (χ0v) is 16.0. The third-order valence-electron chi connectivity index (χ3n) is 4.24. The van der Waals surface area contributed by atoms with E-state index in [1.807, 2.05) is 4.90 Å². The van der Waals surface area contributed by atoms with E-state index in [1.54, 1.807) is 0 Å². The molecule has 0 spiro atoms. The number of nitrogens with zero attached hydrogens (tertiary/aromatic N) is 3. The van der Waals surface area contributed by atoms with E-state index in [-0.39, 0.29) is 18.0 Å². The number of hydrogen-bond acceptors (Lipinski definition) is 7. The molecular weight excluding hydrogens is 419 g/mol. The van der Waals surface area contributed by atoms with Gasteiger partial charge in [-0.2, -0.15) is 17.5 Å². The van der Waals surface area contributed by atoms with Gasteiger partial charge in [0.2, 0.25) is 10.0 Å². The maximum Gasteiger partial charge on any atom is 0.416 e. The molecule has 0 amide bonds. The number of sulfonamides is 1. The number of Topliss-reactive ketones (excluding diaryl/α,β-unsaturated/α-hetero) is 1. The number of alkyl halides is 3. The molecule has 0 saturated carbocycles. The predicted molar refractivity (Wildman–Crippen MR) is 95.9 cm³/mol. The minimum absolute atomic E-state index is 0.131. The van der Waals surface area contributed by atoms with Crippen molar-refractivity contribution in [2.45, 2.75) is 11.1 Å². The molecule has 152 valence electrons. The first kappa shape index (κ1) is 20.7. The molecule has 7 nitrogen and oxygen atoms in total. The fourth-order valence-corrected chi connectivity index (χ4v) is 5.02. The van der Waals surface area contributed by atoms with Crippen molar-refractivity contribution < 1.29 is 31.5 Å². The molecule has 12 heteroatoms. The summed E-state index contributed by atoms with van der Waals surface area (Å²) in [5.41, 5.74) is -0.909. The Balaban J connectivity index is 1.68. The van der Waals surface area contributed by atoms with Crippen LogP contribution in [-0.2, 0) is 16.2 Å². The Kier molecular flexibility index (Phi) is 5.75. The standard InChI is InChI=1S/C16H16F3N3O4S2/c17-16(18,19)11-1-3-12(4-2-11)28(25,26)22-7-5-21(6-8-22)15-20-9-14(27-15)13(24)10-23/h1-4,9,23H,5-8,10H2. The highest BCUT2D eigenvalue weighted by Crippen LogP contribution is 2.30. The molecule has 0 aliphatic carbocycles. The highest BCUT2D eigenvalue weighted by Gasteiger charge is 2.33. The van der Waals surface area contributed by atoms with Crippen LogP contribution in [0.5, 0.6) is 0 Å². The Labute approximate surface area is 163 Å². The minimum atomic E-state index is -4.53. The number of carbonyl (C=O) groups is 1. The smallest absolute Gasteiger partial charge is 0.388 e. The first-order chi connectivity index (χ1) is 13.1. The van der Waals surface area contributed by atoms with E-state index in [1.165, 1.54) is 10.5 Å². The number of carbonyl (C=O) groups excluding carboxylic acids is 1. The molecule has 1 saturated heterocycles. The number of thiazole rings is 1. The van der Waals surface area contributed by atoms with Crippen molar-refractivity contribution in [3.63, 3.8) is 0 Å². The van der Waals surface area contributed by atoms with Gasteiger partial charge in [0.1, 0.15) is 6.61 Å². The number of hydrogen-bond donors (Lipinski definition) is 1. The van der Waals surface area contributed by atoms with Crippen molar-refractivity contribution >= 4 is 32.3 Å².